The molecular formula is C14H23ClN2O2S. The zero-order valence-corrected chi connectivity index (χ0v) is 13.6. The van der Waals surface area contributed by atoms with Crippen LogP contribution >= 0.6 is 12.4 Å². The summed E-state index contributed by atoms with van der Waals surface area (Å²) in [6.45, 7) is 4.15. The van der Waals surface area contributed by atoms with E-state index in [1.54, 1.807) is 0 Å². The van der Waals surface area contributed by atoms with Crippen LogP contribution in [0.15, 0.2) is 24.3 Å². The van der Waals surface area contributed by atoms with Gasteiger partial charge in [0.05, 0.1) is 5.75 Å². The molecule has 0 aromatic heterocycles. The Hall–Kier alpha value is -0.620. The molecule has 1 aromatic rings. The molecule has 20 heavy (non-hydrogen) atoms. The van der Waals surface area contributed by atoms with Crippen molar-refractivity contribution >= 4 is 22.4 Å². The predicted octanol–water partition coefficient (Wildman–Crippen LogP) is 2.01. The van der Waals surface area contributed by atoms with Crippen molar-refractivity contribution < 1.29 is 8.42 Å². The minimum atomic E-state index is -3.16. The lowest BCUT2D eigenvalue weighted by atomic mass is 10.1. The summed E-state index contributed by atoms with van der Waals surface area (Å²) in [6, 6.07) is 8.62. The summed E-state index contributed by atoms with van der Waals surface area (Å²) in [5, 5.41) is 3.35. The largest absolute Gasteiger partial charge is 0.309 e. The highest BCUT2D eigenvalue weighted by Gasteiger charge is 2.21. The van der Waals surface area contributed by atoms with E-state index in [1.165, 1.54) is 11.1 Å². The third-order valence-corrected chi connectivity index (χ3v) is 4.88. The number of fused-ring (bicyclic) bond motifs is 1. The summed E-state index contributed by atoms with van der Waals surface area (Å²) < 4.78 is 26.0. The Morgan fingerprint density at radius 1 is 1.30 bits per heavy atom. The Morgan fingerprint density at radius 2 is 2.00 bits per heavy atom. The summed E-state index contributed by atoms with van der Waals surface area (Å²) in [5.41, 5.74) is 2.69. The Bertz CT molecular complexity index is 532. The quantitative estimate of drug-likeness (QED) is 0.843. The van der Waals surface area contributed by atoms with E-state index in [-0.39, 0.29) is 24.2 Å². The molecule has 0 aliphatic heterocycles. The molecule has 1 atom stereocenters. The fourth-order valence-electron chi connectivity index (χ4n) is 2.55. The maximum Gasteiger partial charge on any atom is 0.213 e. The highest BCUT2D eigenvalue weighted by molar-refractivity contribution is 7.89. The van der Waals surface area contributed by atoms with Gasteiger partial charge in [-0.05, 0) is 37.8 Å². The zero-order valence-electron chi connectivity index (χ0n) is 11.9. The van der Waals surface area contributed by atoms with Crippen molar-refractivity contribution in [3.63, 3.8) is 0 Å². The minimum absolute atomic E-state index is 0. The number of halogens is 1. The highest BCUT2D eigenvalue weighted by Crippen LogP contribution is 2.30. The molecule has 114 valence electrons. The monoisotopic (exact) mass is 318 g/mol. The molecule has 0 saturated heterocycles. The van der Waals surface area contributed by atoms with E-state index in [2.05, 4.69) is 28.2 Å². The van der Waals surface area contributed by atoms with E-state index in [1.807, 2.05) is 19.9 Å². The van der Waals surface area contributed by atoms with Gasteiger partial charge in [-0.3, -0.25) is 0 Å². The van der Waals surface area contributed by atoms with Gasteiger partial charge in [0, 0.05) is 18.6 Å². The Kier molecular flexibility index (Phi) is 6.45. The number of benzene rings is 1. The zero-order chi connectivity index (χ0) is 13.9. The Labute approximate surface area is 127 Å². The second-order valence-corrected chi connectivity index (χ2v) is 7.21. The van der Waals surface area contributed by atoms with Gasteiger partial charge in [0.15, 0.2) is 0 Å². The van der Waals surface area contributed by atoms with Crippen molar-refractivity contribution in [3.8, 4) is 0 Å². The summed E-state index contributed by atoms with van der Waals surface area (Å²) in [7, 11) is -3.16. The van der Waals surface area contributed by atoms with Crippen LogP contribution in [0.1, 0.15) is 37.4 Å². The van der Waals surface area contributed by atoms with Gasteiger partial charge in [0.25, 0.3) is 0 Å². The topological polar surface area (TPSA) is 58.2 Å². The molecule has 0 spiro atoms. The maximum atomic E-state index is 11.7. The number of aryl methyl sites for hydroxylation is 1. The van der Waals surface area contributed by atoms with Gasteiger partial charge in [-0.1, -0.05) is 24.3 Å². The van der Waals surface area contributed by atoms with Crippen molar-refractivity contribution in [1.82, 2.24) is 10.0 Å². The molecule has 2 rings (SSSR count). The van der Waals surface area contributed by atoms with Crippen LogP contribution in [0.2, 0.25) is 0 Å². The van der Waals surface area contributed by atoms with Crippen LogP contribution < -0.4 is 10.0 Å². The van der Waals surface area contributed by atoms with Crippen LogP contribution in [0.5, 0.6) is 0 Å². The molecule has 0 heterocycles. The second kappa shape index (κ2) is 7.41. The van der Waals surface area contributed by atoms with Gasteiger partial charge >= 0.3 is 0 Å². The number of hydrogen-bond donors (Lipinski definition) is 2. The molecule has 0 saturated carbocycles. The first-order valence-corrected chi connectivity index (χ1v) is 8.44. The first kappa shape index (κ1) is 17.4. The van der Waals surface area contributed by atoms with Crippen LogP contribution in [-0.4, -0.2) is 26.8 Å². The Morgan fingerprint density at radius 3 is 2.70 bits per heavy atom. The molecule has 1 unspecified atom stereocenters. The van der Waals surface area contributed by atoms with Gasteiger partial charge in [-0.2, -0.15) is 0 Å². The van der Waals surface area contributed by atoms with E-state index < -0.39 is 10.0 Å². The summed E-state index contributed by atoms with van der Waals surface area (Å²) in [5.74, 6) is 0.129. The Balaban J connectivity index is 0.00000200. The third kappa shape index (κ3) is 4.74. The van der Waals surface area contributed by atoms with E-state index >= 15 is 0 Å². The first-order valence-electron chi connectivity index (χ1n) is 6.79. The molecule has 4 nitrogen and oxygen atoms in total. The van der Waals surface area contributed by atoms with Gasteiger partial charge in [0.1, 0.15) is 0 Å². The summed E-state index contributed by atoms with van der Waals surface area (Å²) in [4.78, 5) is 0. The van der Waals surface area contributed by atoms with E-state index in [0.29, 0.717) is 12.6 Å². The molecule has 0 radical (unpaired) electrons. The second-order valence-electron chi connectivity index (χ2n) is 5.34. The average Bonchev–Trinajstić information content (AvgIpc) is 2.71. The summed E-state index contributed by atoms with van der Waals surface area (Å²) >= 11 is 0. The fourth-order valence-corrected chi connectivity index (χ4v) is 3.78. The molecule has 1 aromatic carbocycles. The standard InChI is InChI=1S/C14H22N2O2S.ClH/c1-11(2)16-19(17,18)10-9-15-14-8-7-12-5-3-4-6-13(12)14;/h3-6,11,14-16H,7-10H2,1-2H3;1H. The lowest BCUT2D eigenvalue weighted by Crippen LogP contribution is -2.36. The van der Waals surface area contributed by atoms with Gasteiger partial charge in [-0.15, -0.1) is 12.4 Å². The smallest absolute Gasteiger partial charge is 0.213 e. The van der Waals surface area contributed by atoms with Crippen LogP contribution in [0.3, 0.4) is 0 Å². The fraction of sp³-hybridized carbons (Fsp3) is 0.571. The van der Waals surface area contributed by atoms with E-state index in [9.17, 15) is 8.42 Å². The predicted molar refractivity (Wildman–Crippen MR) is 84.8 cm³/mol. The normalized spacial score (nSPS) is 17.9. The summed E-state index contributed by atoms with van der Waals surface area (Å²) in [6.07, 6.45) is 2.13. The number of nitrogens with one attached hydrogen (secondary N) is 2. The molecule has 1 aliphatic carbocycles. The maximum absolute atomic E-state index is 11.7. The number of hydrogen-bond acceptors (Lipinski definition) is 3. The van der Waals surface area contributed by atoms with Gasteiger partial charge < -0.3 is 5.32 Å². The van der Waals surface area contributed by atoms with E-state index in [4.69, 9.17) is 0 Å². The minimum Gasteiger partial charge on any atom is -0.309 e. The average molecular weight is 319 g/mol. The SMILES string of the molecule is CC(C)NS(=O)(=O)CCNC1CCc2ccccc21.Cl. The molecule has 0 fully saturated rings. The van der Waals surface area contributed by atoms with Gasteiger partial charge in [0.2, 0.25) is 10.0 Å². The first-order chi connectivity index (χ1) is 8.98. The van der Waals surface area contributed by atoms with Crippen molar-refractivity contribution in [1.29, 1.82) is 0 Å². The molecule has 2 N–H and O–H groups in total. The van der Waals surface area contributed by atoms with Crippen molar-refractivity contribution in [2.75, 3.05) is 12.3 Å². The highest BCUT2D eigenvalue weighted by atomic mass is 35.5. The number of sulfonamides is 1. The van der Waals surface area contributed by atoms with Crippen molar-refractivity contribution in [3.05, 3.63) is 35.4 Å². The third-order valence-electron chi connectivity index (χ3n) is 3.31. The van der Waals surface area contributed by atoms with Crippen molar-refractivity contribution in [2.45, 2.75) is 38.8 Å². The molecule has 0 bridgehead atoms. The van der Waals surface area contributed by atoms with E-state index in [0.717, 1.165) is 12.8 Å². The molecule has 1 aliphatic rings. The van der Waals surface area contributed by atoms with Crippen LogP contribution in [0, 0.1) is 0 Å². The molecular weight excluding hydrogens is 296 g/mol. The lowest BCUT2D eigenvalue weighted by molar-refractivity contribution is 0.534. The van der Waals surface area contributed by atoms with Crippen molar-refractivity contribution in [2.24, 2.45) is 0 Å². The van der Waals surface area contributed by atoms with Crippen LogP contribution in [-0.2, 0) is 16.4 Å². The number of rotatable bonds is 6. The molecule has 0 amide bonds. The van der Waals surface area contributed by atoms with Crippen LogP contribution in [0.25, 0.3) is 0 Å². The molecule has 6 heteroatoms. The van der Waals surface area contributed by atoms with Gasteiger partial charge in [-0.25, -0.2) is 13.1 Å². The van der Waals surface area contributed by atoms with Crippen LogP contribution in [0.4, 0.5) is 0 Å². The lowest BCUT2D eigenvalue weighted by Gasteiger charge is -2.15.